The van der Waals surface area contributed by atoms with Gasteiger partial charge in [-0.25, -0.2) is 0 Å². The van der Waals surface area contributed by atoms with Gasteiger partial charge in [0.15, 0.2) is 0 Å². The van der Waals surface area contributed by atoms with Gasteiger partial charge in [-0.2, -0.15) is 0 Å². The minimum Gasteiger partial charge on any atom is -0.481 e. The molecule has 4 nitrogen and oxygen atoms in total. The second-order valence-corrected chi connectivity index (χ2v) is 4.69. The predicted molar refractivity (Wildman–Crippen MR) is 70.4 cm³/mol. The number of carboxylic acids is 1. The van der Waals surface area contributed by atoms with Gasteiger partial charge >= 0.3 is 5.97 Å². The highest BCUT2D eigenvalue weighted by atomic mass is 16.4. The molecule has 0 aromatic heterocycles. The Morgan fingerprint density at radius 1 is 1.21 bits per heavy atom. The Hall–Kier alpha value is -2.28. The first-order chi connectivity index (χ1) is 9.10. The second-order valence-electron chi connectivity index (χ2n) is 4.69. The van der Waals surface area contributed by atoms with E-state index in [1.165, 1.54) is 4.90 Å². The van der Waals surface area contributed by atoms with Crippen LogP contribution in [0.4, 0.5) is 0 Å². The number of likely N-dealkylation sites (tertiary alicyclic amines) is 1. The highest BCUT2D eigenvalue weighted by molar-refractivity contribution is 5.93. The summed E-state index contributed by atoms with van der Waals surface area (Å²) >= 11 is 0. The third-order valence-electron chi connectivity index (χ3n) is 3.76. The lowest BCUT2D eigenvalue weighted by molar-refractivity contribution is -0.147. The Labute approximate surface area is 112 Å². The molecule has 0 aliphatic carbocycles. The van der Waals surface area contributed by atoms with E-state index in [1.807, 2.05) is 30.3 Å². The van der Waals surface area contributed by atoms with Crippen LogP contribution in [0.15, 0.2) is 30.3 Å². The molecule has 1 amide bonds. The Kier molecular flexibility index (Phi) is 3.57. The quantitative estimate of drug-likeness (QED) is 0.812. The van der Waals surface area contributed by atoms with Gasteiger partial charge in [-0.3, -0.25) is 9.59 Å². The maximum Gasteiger partial charge on any atom is 0.314 e. The maximum atomic E-state index is 11.7. The summed E-state index contributed by atoms with van der Waals surface area (Å²) in [4.78, 5) is 24.6. The van der Waals surface area contributed by atoms with Gasteiger partial charge in [-0.05, 0) is 24.3 Å². The molecule has 1 N–H and O–H groups in total. The number of nitrogens with zero attached hydrogens (tertiary/aromatic N) is 1. The lowest BCUT2D eigenvalue weighted by Crippen LogP contribution is -2.48. The Morgan fingerprint density at radius 2 is 1.79 bits per heavy atom. The van der Waals surface area contributed by atoms with Crippen LogP contribution >= 0.6 is 0 Å². The standard InChI is InChI=1S/C15H15NO3/c1-2-13(17)16-10-8-15(9-11-16,14(18)19)12-6-4-3-5-7-12/h1,3-7H,8-11H2,(H,18,19). The number of benzene rings is 1. The fourth-order valence-corrected chi connectivity index (χ4v) is 2.57. The summed E-state index contributed by atoms with van der Waals surface area (Å²) in [6, 6.07) is 9.17. The zero-order valence-electron chi connectivity index (χ0n) is 10.5. The Balaban J connectivity index is 2.25. The van der Waals surface area contributed by atoms with Gasteiger partial charge < -0.3 is 10.0 Å². The first-order valence-electron chi connectivity index (χ1n) is 6.14. The molecule has 0 saturated carbocycles. The van der Waals surface area contributed by atoms with E-state index in [0.29, 0.717) is 25.9 Å². The number of carbonyl (C=O) groups is 2. The summed E-state index contributed by atoms with van der Waals surface area (Å²) in [6.45, 7) is 0.758. The number of terminal acetylenes is 1. The normalized spacial score (nSPS) is 17.5. The second kappa shape index (κ2) is 5.15. The van der Waals surface area contributed by atoms with Crippen LogP contribution in [0.3, 0.4) is 0 Å². The molecule has 0 bridgehead atoms. The number of carbonyl (C=O) groups excluding carboxylic acids is 1. The van der Waals surface area contributed by atoms with Crippen LogP contribution in [0.25, 0.3) is 0 Å². The zero-order chi connectivity index (χ0) is 13.9. The van der Waals surface area contributed by atoms with E-state index in [-0.39, 0.29) is 5.91 Å². The Bertz CT molecular complexity index is 522. The molecule has 1 aromatic carbocycles. The zero-order valence-corrected chi connectivity index (χ0v) is 10.5. The lowest BCUT2D eigenvalue weighted by Gasteiger charge is -2.38. The highest BCUT2D eigenvalue weighted by Gasteiger charge is 2.43. The number of rotatable bonds is 2. The first kappa shape index (κ1) is 13.2. The molecule has 1 fully saturated rings. The van der Waals surface area contributed by atoms with Crippen LogP contribution in [0.1, 0.15) is 18.4 Å². The van der Waals surface area contributed by atoms with Gasteiger partial charge in [0.05, 0.1) is 5.41 Å². The maximum absolute atomic E-state index is 11.7. The molecule has 1 heterocycles. The van der Waals surface area contributed by atoms with Crippen molar-refractivity contribution in [1.82, 2.24) is 4.90 Å². The molecule has 2 rings (SSSR count). The van der Waals surface area contributed by atoms with E-state index in [2.05, 4.69) is 5.92 Å². The van der Waals surface area contributed by atoms with Crippen molar-refractivity contribution < 1.29 is 14.7 Å². The van der Waals surface area contributed by atoms with Crippen molar-refractivity contribution in [2.24, 2.45) is 0 Å². The van der Waals surface area contributed by atoms with Crippen LogP contribution in [-0.4, -0.2) is 35.0 Å². The molecule has 0 atom stereocenters. The first-order valence-corrected chi connectivity index (χ1v) is 6.14. The number of piperidine rings is 1. The number of hydrogen-bond donors (Lipinski definition) is 1. The fourth-order valence-electron chi connectivity index (χ4n) is 2.57. The van der Waals surface area contributed by atoms with E-state index < -0.39 is 11.4 Å². The van der Waals surface area contributed by atoms with E-state index in [9.17, 15) is 14.7 Å². The molecule has 0 spiro atoms. The molecule has 0 unspecified atom stereocenters. The van der Waals surface area contributed by atoms with E-state index in [4.69, 9.17) is 6.42 Å². The predicted octanol–water partition coefficient (Wildman–Crippen LogP) is 1.26. The van der Waals surface area contributed by atoms with Gasteiger partial charge in [0.2, 0.25) is 0 Å². The van der Waals surface area contributed by atoms with Crippen molar-refractivity contribution in [1.29, 1.82) is 0 Å². The summed E-state index contributed by atoms with van der Waals surface area (Å²) in [5.74, 6) is 0.861. The van der Waals surface area contributed by atoms with Crippen LogP contribution in [-0.2, 0) is 15.0 Å². The van der Waals surface area contributed by atoms with Gasteiger partial charge in [-0.15, -0.1) is 6.42 Å². The fraction of sp³-hybridized carbons (Fsp3) is 0.333. The molecular formula is C15H15NO3. The summed E-state index contributed by atoms with van der Waals surface area (Å²) in [5.41, 5.74) is -0.123. The third-order valence-corrected chi connectivity index (χ3v) is 3.76. The molecular weight excluding hydrogens is 242 g/mol. The molecule has 1 aliphatic heterocycles. The molecule has 0 radical (unpaired) electrons. The smallest absolute Gasteiger partial charge is 0.314 e. The van der Waals surface area contributed by atoms with Crippen molar-refractivity contribution in [3.05, 3.63) is 35.9 Å². The van der Waals surface area contributed by atoms with Gasteiger partial charge in [0, 0.05) is 13.1 Å². The van der Waals surface area contributed by atoms with Crippen LogP contribution < -0.4 is 0 Å². The minimum absolute atomic E-state index is 0.368. The van der Waals surface area contributed by atoms with E-state index >= 15 is 0 Å². The van der Waals surface area contributed by atoms with Crippen molar-refractivity contribution in [2.45, 2.75) is 18.3 Å². The van der Waals surface area contributed by atoms with E-state index in [1.54, 1.807) is 0 Å². The number of amides is 1. The molecule has 1 aromatic rings. The van der Waals surface area contributed by atoms with Crippen molar-refractivity contribution in [2.75, 3.05) is 13.1 Å². The minimum atomic E-state index is -0.910. The summed E-state index contributed by atoms with van der Waals surface area (Å²) in [5, 5.41) is 9.58. The molecule has 1 aliphatic rings. The summed E-state index contributed by atoms with van der Waals surface area (Å²) in [6.07, 6.45) is 5.86. The van der Waals surface area contributed by atoms with Crippen molar-refractivity contribution in [3.63, 3.8) is 0 Å². The number of hydrogen-bond acceptors (Lipinski definition) is 2. The summed E-state index contributed by atoms with van der Waals surface area (Å²) < 4.78 is 0. The van der Waals surface area contributed by atoms with Crippen LogP contribution in [0.2, 0.25) is 0 Å². The topological polar surface area (TPSA) is 57.6 Å². The largest absolute Gasteiger partial charge is 0.481 e. The van der Waals surface area contributed by atoms with Crippen LogP contribution in [0, 0.1) is 12.3 Å². The number of aliphatic carboxylic acids is 1. The van der Waals surface area contributed by atoms with E-state index in [0.717, 1.165) is 5.56 Å². The molecule has 4 heteroatoms. The highest BCUT2D eigenvalue weighted by Crippen LogP contribution is 2.35. The van der Waals surface area contributed by atoms with Crippen molar-refractivity contribution >= 4 is 11.9 Å². The average Bonchev–Trinajstić information content (AvgIpc) is 2.47. The SMILES string of the molecule is C#CC(=O)N1CCC(C(=O)O)(c2ccccc2)CC1. The Morgan fingerprint density at radius 3 is 2.26 bits per heavy atom. The molecule has 98 valence electrons. The van der Waals surface area contributed by atoms with Crippen molar-refractivity contribution in [3.8, 4) is 12.3 Å². The number of carboxylic acid groups (broad SMARTS) is 1. The van der Waals surface area contributed by atoms with Gasteiger partial charge in [0.1, 0.15) is 0 Å². The van der Waals surface area contributed by atoms with Gasteiger partial charge in [0.25, 0.3) is 5.91 Å². The lowest BCUT2D eigenvalue weighted by atomic mass is 9.73. The molecule has 19 heavy (non-hydrogen) atoms. The molecule has 1 saturated heterocycles. The van der Waals surface area contributed by atoms with Gasteiger partial charge in [-0.1, -0.05) is 30.3 Å². The monoisotopic (exact) mass is 257 g/mol. The third kappa shape index (κ3) is 2.32. The van der Waals surface area contributed by atoms with Crippen LogP contribution in [0.5, 0.6) is 0 Å². The average molecular weight is 257 g/mol. The summed E-state index contributed by atoms with van der Waals surface area (Å²) in [7, 11) is 0.